The number of piperidine rings is 1. The fourth-order valence-corrected chi connectivity index (χ4v) is 4.51. The summed E-state index contributed by atoms with van der Waals surface area (Å²) in [6.45, 7) is 4.02. The van der Waals surface area contributed by atoms with Gasteiger partial charge in [0, 0.05) is 25.0 Å². The molecule has 1 aromatic heterocycles. The Kier molecular flexibility index (Phi) is 6.11. The van der Waals surface area contributed by atoms with Crippen LogP contribution in [0.15, 0.2) is 48.7 Å². The molecule has 29 heavy (non-hydrogen) atoms. The highest BCUT2D eigenvalue weighted by Gasteiger charge is 2.39. The largest absolute Gasteiger partial charge is 0.395 e. The monoisotopic (exact) mass is 394 g/mol. The van der Waals surface area contributed by atoms with Crippen LogP contribution in [0.3, 0.4) is 0 Å². The Hall–Kier alpha value is -2.44. The Morgan fingerprint density at radius 2 is 1.86 bits per heavy atom. The molecule has 0 bridgehead atoms. The van der Waals surface area contributed by atoms with E-state index >= 15 is 0 Å². The highest BCUT2D eigenvalue weighted by atomic mass is 16.3. The third-order valence-electron chi connectivity index (χ3n) is 6.20. The first-order chi connectivity index (χ1) is 14.2. The molecule has 1 amide bonds. The number of amides is 1. The zero-order valence-corrected chi connectivity index (χ0v) is 16.9. The SMILES string of the molecule is O=C(CN1CCC(CO)(c2ccccc2)C1)Nc1ccc(N2CCCCC2)nc1. The standard InChI is InChI=1S/C23H30N4O2/c28-18-23(19-7-3-1-4-8-19)11-14-26(17-23)16-22(29)25-20-9-10-21(24-15-20)27-12-5-2-6-13-27/h1,3-4,7-10,15,28H,2,5-6,11-14,16-18H2,(H,25,29). The molecule has 1 unspecified atom stereocenters. The number of benzene rings is 1. The van der Waals surface area contributed by atoms with Gasteiger partial charge in [0.2, 0.25) is 5.91 Å². The lowest BCUT2D eigenvalue weighted by atomic mass is 9.80. The van der Waals surface area contributed by atoms with Crippen molar-refractivity contribution in [1.29, 1.82) is 0 Å². The molecule has 0 saturated carbocycles. The van der Waals surface area contributed by atoms with E-state index in [4.69, 9.17) is 0 Å². The average Bonchev–Trinajstić information content (AvgIpc) is 3.19. The molecule has 0 spiro atoms. The summed E-state index contributed by atoms with van der Waals surface area (Å²) in [4.78, 5) is 21.5. The number of hydrogen-bond acceptors (Lipinski definition) is 5. The molecule has 4 rings (SSSR count). The van der Waals surface area contributed by atoms with Crippen molar-refractivity contribution >= 4 is 17.4 Å². The van der Waals surface area contributed by atoms with Gasteiger partial charge in [0.1, 0.15) is 5.82 Å². The number of aromatic nitrogens is 1. The Morgan fingerprint density at radius 1 is 1.07 bits per heavy atom. The smallest absolute Gasteiger partial charge is 0.238 e. The van der Waals surface area contributed by atoms with Crippen LogP contribution < -0.4 is 10.2 Å². The van der Waals surface area contributed by atoms with Crippen LogP contribution in [0, 0.1) is 0 Å². The predicted molar refractivity (Wildman–Crippen MR) is 115 cm³/mol. The second kappa shape index (κ2) is 8.93. The van der Waals surface area contributed by atoms with Gasteiger partial charge in [0.05, 0.1) is 25.0 Å². The van der Waals surface area contributed by atoms with Gasteiger partial charge < -0.3 is 15.3 Å². The van der Waals surface area contributed by atoms with Crippen molar-refractivity contribution in [2.75, 3.05) is 49.5 Å². The van der Waals surface area contributed by atoms with E-state index in [0.29, 0.717) is 13.1 Å². The molecule has 2 saturated heterocycles. The number of pyridine rings is 1. The van der Waals surface area contributed by atoms with Crippen molar-refractivity contribution in [2.45, 2.75) is 31.1 Å². The van der Waals surface area contributed by atoms with Crippen LogP contribution in [-0.4, -0.2) is 60.2 Å². The molecule has 0 radical (unpaired) electrons. The summed E-state index contributed by atoms with van der Waals surface area (Å²) in [6.07, 6.45) is 6.33. The summed E-state index contributed by atoms with van der Waals surface area (Å²) in [6, 6.07) is 14.0. The average molecular weight is 395 g/mol. The Labute approximate surface area is 172 Å². The van der Waals surface area contributed by atoms with Gasteiger partial charge in [-0.15, -0.1) is 0 Å². The molecule has 2 N–H and O–H groups in total. The van der Waals surface area contributed by atoms with E-state index in [1.54, 1.807) is 6.20 Å². The minimum absolute atomic E-state index is 0.0423. The Morgan fingerprint density at radius 3 is 2.55 bits per heavy atom. The number of anilines is 2. The number of aliphatic hydroxyl groups is 1. The van der Waals surface area contributed by atoms with Crippen molar-refractivity contribution in [3.63, 3.8) is 0 Å². The molecule has 1 atom stereocenters. The molecule has 6 heteroatoms. The predicted octanol–water partition coefficient (Wildman–Crippen LogP) is 2.65. The maximum absolute atomic E-state index is 12.5. The second-order valence-corrected chi connectivity index (χ2v) is 8.27. The van der Waals surface area contributed by atoms with Crippen LogP contribution in [0.4, 0.5) is 11.5 Å². The van der Waals surface area contributed by atoms with Crippen molar-refractivity contribution < 1.29 is 9.90 Å². The second-order valence-electron chi connectivity index (χ2n) is 8.27. The van der Waals surface area contributed by atoms with Gasteiger partial charge in [-0.3, -0.25) is 9.69 Å². The highest BCUT2D eigenvalue weighted by molar-refractivity contribution is 5.92. The summed E-state index contributed by atoms with van der Waals surface area (Å²) in [5, 5.41) is 13.0. The molecule has 2 fully saturated rings. The number of aliphatic hydroxyl groups excluding tert-OH is 1. The molecular weight excluding hydrogens is 364 g/mol. The fraction of sp³-hybridized carbons (Fsp3) is 0.478. The van der Waals surface area contributed by atoms with Crippen molar-refractivity contribution in [3.05, 3.63) is 54.2 Å². The molecular formula is C23H30N4O2. The number of nitrogens with one attached hydrogen (secondary N) is 1. The molecule has 1 aromatic carbocycles. The molecule has 2 aliphatic heterocycles. The fourth-order valence-electron chi connectivity index (χ4n) is 4.51. The minimum Gasteiger partial charge on any atom is -0.395 e. The zero-order valence-electron chi connectivity index (χ0n) is 16.9. The molecule has 154 valence electrons. The van der Waals surface area contributed by atoms with E-state index in [2.05, 4.69) is 32.2 Å². The highest BCUT2D eigenvalue weighted by Crippen LogP contribution is 2.34. The normalized spacial score (nSPS) is 22.6. The third-order valence-corrected chi connectivity index (χ3v) is 6.20. The van der Waals surface area contributed by atoms with Gasteiger partial charge in [-0.05, 0) is 49.9 Å². The van der Waals surface area contributed by atoms with Crippen LogP contribution in [0.25, 0.3) is 0 Å². The number of nitrogens with zero attached hydrogens (tertiary/aromatic N) is 3. The lowest BCUT2D eigenvalue weighted by molar-refractivity contribution is -0.117. The molecule has 2 aromatic rings. The lowest BCUT2D eigenvalue weighted by Gasteiger charge is -2.28. The van der Waals surface area contributed by atoms with Crippen LogP contribution in [0.2, 0.25) is 0 Å². The van der Waals surface area contributed by atoms with Crippen LogP contribution in [-0.2, 0) is 10.2 Å². The molecule has 0 aliphatic carbocycles. The van der Waals surface area contributed by atoms with Gasteiger partial charge in [0.25, 0.3) is 0 Å². The van der Waals surface area contributed by atoms with Gasteiger partial charge >= 0.3 is 0 Å². The summed E-state index contributed by atoms with van der Waals surface area (Å²) in [5.41, 5.74) is 1.59. The van der Waals surface area contributed by atoms with Gasteiger partial charge in [-0.1, -0.05) is 30.3 Å². The summed E-state index contributed by atoms with van der Waals surface area (Å²) < 4.78 is 0. The van der Waals surface area contributed by atoms with Gasteiger partial charge in [-0.2, -0.15) is 0 Å². The van der Waals surface area contributed by atoms with Gasteiger partial charge in [-0.25, -0.2) is 4.98 Å². The number of likely N-dealkylation sites (tertiary alicyclic amines) is 1. The topological polar surface area (TPSA) is 68.7 Å². The summed E-state index contributed by atoms with van der Waals surface area (Å²) >= 11 is 0. The molecule has 3 heterocycles. The number of hydrogen-bond donors (Lipinski definition) is 2. The van der Waals surface area contributed by atoms with Crippen LogP contribution in [0.1, 0.15) is 31.2 Å². The maximum atomic E-state index is 12.5. The first-order valence-electron chi connectivity index (χ1n) is 10.6. The number of carbonyl (C=O) groups is 1. The first kappa shape index (κ1) is 19.9. The van der Waals surface area contributed by atoms with Crippen molar-refractivity contribution in [2.24, 2.45) is 0 Å². The third kappa shape index (κ3) is 4.60. The van der Waals surface area contributed by atoms with Crippen molar-refractivity contribution in [3.8, 4) is 0 Å². The van der Waals surface area contributed by atoms with E-state index in [-0.39, 0.29) is 17.9 Å². The number of rotatable bonds is 6. The van der Waals surface area contributed by atoms with Crippen molar-refractivity contribution in [1.82, 2.24) is 9.88 Å². The minimum atomic E-state index is -0.279. The van der Waals surface area contributed by atoms with E-state index in [0.717, 1.165) is 43.1 Å². The first-order valence-corrected chi connectivity index (χ1v) is 10.6. The van der Waals surface area contributed by atoms with Crippen LogP contribution in [0.5, 0.6) is 0 Å². The maximum Gasteiger partial charge on any atom is 0.238 e. The van der Waals surface area contributed by atoms with Gasteiger partial charge in [0.15, 0.2) is 0 Å². The van der Waals surface area contributed by atoms with E-state index < -0.39 is 0 Å². The molecule has 6 nitrogen and oxygen atoms in total. The van der Waals surface area contributed by atoms with E-state index in [9.17, 15) is 9.90 Å². The quantitative estimate of drug-likeness (QED) is 0.788. The Bertz CT molecular complexity index is 805. The van der Waals surface area contributed by atoms with Crippen LogP contribution >= 0.6 is 0 Å². The Balaban J connectivity index is 1.32. The zero-order chi connectivity index (χ0) is 20.1. The lowest BCUT2D eigenvalue weighted by Crippen LogP contribution is -2.37. The summed E-state index contributed by atoms with van der Waals surface area (Å²) in [7, 11) is 0. The number of carbonyl (C=O) groups excluding carboxylic acids is 1. The summed E-state index contributed by atoms with van der Waals surface area (Å²) in [5.74, 6) is 0.942. The van der Waals surface area contributed by atoms with E-state index in [1.165, 1.54) is 19.3 Å². The van der Waals surface area contributed by atoms with E-state index in [1.807, 2.05) is 30.3 Å². The molecule has 2 aliphatic rings.